The average Bonchev–Trinajstić information content (AvgIpc) is 2.57. The van der Waals surface area contributed by atoms with Gasteiger partial charge in [0.25, 0.3) is 0 Å². The van der Waals surface area contributed by atoms with Gasteiger partial charge >= 0.3 is 0 Å². The molecule has 3 nitrogen and oxygen atoms in total. The third-order valence-corrected chi connectivity index (χ3v) is 2.56. The molecule has 0 aliphatic heterocycles. The predicted octanol–water partition coefficient (Wildman–Crippen LogP) is 2.19. The van der Waals surface area contributed by atoms with E-state index in [2.05, 4.69) is 12.1 Å². The first-order valence-electron chi connectivity index (χ1n) is 4.64. The van der Waals surface area contributed by atoms with E-state index < -0.39 is 4.92 Å². The molecular weight excluding hydrogens is 178 g/mol. The molecule has 0 radical (unpaired) electrons. The third-order valence-electron chi connectivity index (χ3n) is 2.56. The summed E-state index contributed by atoms with van der Waals surface area (Å²) in [6.45, 7) is 0. The van der Waals surface area contributed by atoms with Crippen molar-refractivity contribution in [3.8, 4) is 0 Å². The molecule has 0 amide bonds. The Kier molecular flexibility index (Phi) is 2.31. The summed E-state index contributed by atoms with van der Waals surface area (Å²) in [6.07, 6.45) is 4.61. The minimum Gasteiger partial charge on any atom is -0.259 e. The fourth-order valence-electron chi connectivity index (χ4n) is 1.92. The topological polar surface area (TPSA) is 43.1 Å². The van der Waals surface area contributed by atoms with Crippen molar-refractivity contribution in [2.45, 2.75) is 12.8 Å². The Hall–Kier alpha value is -1.64. The number of allylic oxidation sites excluding steroid dienone is 1. The van der Waals surface area contributed by atoms with Crippen LogP contribution in [-0.4, -0.2) is 4.92 Å². The average molecular weight is 189 g/mol. The second-order valence-electron chi connectivity index (χ2n) is 3.56. The molecule has 72 valence electrons. The molecule has 1 aliphatic rings. The number of hydrogen-bond donors (Lipinski definition) is 0. The second-order valence-corrected chi connectivity index (χ2v) is 3.56. The first kappa shape index (κ1) is 8.94. The van der Waals surface area contributed by atoms with Crippen molar-refractivity contribution in [2.75, 3.05) is 0 Å². The lowest BCUT2D eigenvalue weighted by molar-refractivity contribution is -0.402. The Balaban J connectivity index is 2.08. The highest BCUT2D eigenvalue weighted by Gasteiger charge is 2.18. The maximum Gasteiger partial charge on any atom is 0.230 e. The largest absolute Gasteiger partial charge is 0.259 e. The van der Waals surface area contributed by atoms with E-state index in [-0.39, 0.29) is 0 Å². The first-order chi connectivity index (χ1) is 6.75. The Morgan fingerprint density at radius 1 is 1.29 bits per heavy atom. The number of rotatable bonds is 2. The van der Waals surface area contributed by atoms with E-state index in [1.165, 1.54) is 11.1 Å². The molecule has 1 aliphatic carbocycles. The molecule has 0 spiro atoms. The van der Waals surface area contributed by atoms with Crippen LogP contribution >= 0.6 is 0 Å². The SMILES string of the molecule is O=[N+]([O-])/C=C/C1Cc2ccccc2C1. The molecule has 0 unspecified atom stereocenters. The van der Waals surface area contributed by atoms with Crippen molar-refractivity contribution < 1.29 is 4.92 Å². The van der Waals surface area contributed by atoms with Gasteiger partial charge in [0.2, 0.25) is 6.20 Å². The molecule has 0 fully saturated rings. The van der Waals surface area contributed by atoms with Crippen LogP contribution in [0.25, 0.3) is 0 Å². The highest BCUT2D eigenvalue weighted by atomic mass is 16.6. The number of nitro groups is 1. The van der Waals surface area contributed by atoms with Crippen LogP contribution < -0.4 is 0 Å². The minimum atomic E-state index is -0.400. The van der Waals surface area contributed by atoms with Crippen LogP contribution in [-0.2, 0) is 12.8 Å². The standard InChI is InChI=1S/C11H11NO2/c13-12(14)6-5-9-7-10-3-1-2-4-11(10)8-9/h1-6,9H,7-8H2/b6-5+. The molecule has 0 saturated heterocycles. The van der Waals surface area contributed by atoms with Crippen LogP contribution in [0, 0.1) is 16.0 Å². The number of benzene rings is 1. The Bertz CT molecular complexity index is 360. The van der Waals surface area contributed by atoms with E-state index in [0.717, 1.165) is 19.0 Å². The van der Waals surface area contributed by atoms with Crippen LogP contribution in [0.3, 0.4) is 0 Å². The molecule has 1 aromatic carbocycles. The van der Waals surface area contributed by atoms with Gasteiger partial charge in [-0.1, -0.05) is 24.3 Å². The summed E-state index contributed by atoms with van der Waals surface area (Å²) < 4.78 is 0. The first-order valence-corrected chi connectivity index (χ1v) is 4.64. The van der Waals surface area contributed by atoms with Gasteiger partial charge in [0.05, 0.1) is 4.92 Å². The lowest BCUT2D eigenvalue weighted by atomic mass is 10.1. The molecule has 0 bridgehead atoms. The van der Waals surface area contributed by atoms with Gasteiger partial charge in [-0.15, -0.1) is 0 Å². The van der Waals surface area contributed by atoms with Crippen molar-refractivity contribution in [2.24, 2.45) is 5.92 Å². The van der Waals surface area contributed by atoms with Crippen molar-refractivity contribution >= 4 is 0 Å². The molecule has 3 heteroatoms. The molecule has 14 heavy (non-hydrogen) atoms. The summed E-state index contributed by atoms with van der Waals surface area (Å²) in [4.78, 5) is 9.75. The maximum atomic E-state index is 10.1. The summed E-state index contributed by atoms with van der Waals surface area (Å²) in [5, 5.41) is 10.1. The lowest BCUT2D eigenvalue weighted by Crippen LogP contribution is -1.95. The summed E-state index contributed by atoms with van der Waals surface area (Å²) in [5.41, 5.74) is 2.65. The van der Waals surface area contributed by atoms with Crippen LogP contribution in [0.2, 0.25) is 0 Å². The molecule has 0 atom stereocenters. The van der Waals surface area contributed by atoms with E-state index in [1.54, 1.807) is 6.08 Å². The zero-order valence-corrected chi connectivity index (χ0v) is 7.72. The van der Waals surface area contributed by atoms with Crippen LogP contribution in [0.5, 0.6) is 0 Å². The fraction of sp³-hybridized carbons (Fsp3) is 0.273. The predicted molar refractivity (Wildman–Crippen MR) is 53.5 cm³/mol. The molecule has 0 saturated carbocycles. The third kappa shape index (κ3) is 1.82. The summed E-state index contributed by atoms with van der Waals surface area (Å²) in [5.74, 6) is 0.304. The molecule has 0 N–H and O–H groups in total. The van der Waals surface area contributed by atoms with Gasteiger partial charge in [-0.05, 0) is 36.0 Å². The van der Waals surface area contributed by atoms with Crippen molar-refractivity contribution in [1.29, 1.82) is 0 Å². The van der Waals surface area contributed by atoms with Gasteiger partial charge in [0, 0.05) is 0 Å². The summed E-state index contributed by atoms with van der Waals surface area (Å²) in [7, 11) is 0. The van der Waals surface area contributed by atoms with Crippen molar-refractivity contribution in [1.82, 2.24) is 0 Å². The lowest BCUT2D eigenvalue weighted by Gasteiger charge is -1.96. The normalized spacial score (nSPS) is 16.0. The van der Waals surface area contributed by atoms with Gasteiger partial charge in [0.15, 0.2) is 0 Å². The van der Waals surface area contributed by atoms with Crippen LogP contribution in [0.15, 0.2) is 36.5 Å². The van der Waals surface area contributed by atoms with Crippen LogP contribution in [0.4, 0.5) is 0 Å². The van der Waals surface area contributed by atoms with Gasteiger partial charge in [-0.2, -0.15) is 0 Å². The van der Waals surface area contributed by atoms with Gasteiger partial charge in [0.1, 0.15) is 0 Å². The quantitative estimate of drug-likeness (QED) is 0.528. The van der Waals surface area contributed by atoms with E-state index in [4.69, 9.17) is 0 Å². The highest BCUT2D eigenvalue weighted by molar-refractivity contribution is 5.33. The van der Waals surface area contributed by atoms with E-state index in [1.807, 2.05) is 12.1 Å². The minimum absolute atomic E-state index is 0.304. The zero-order chi connectivity index (χ0) is 9.97. The number of nitrogens with zero attached hydrogens (tertiary/aromatic N) is 1. The van der Waals surface area contributed by atoms with E-state index in [9.17, 15) is 10.1 Å². The molecule has 2 rings (SSSR count). The van der Waals surface area contributed by atoms with Gasteiger partial charge in [-0.25, -0.2) is 0 Å². The smallest absolute Gasteiger partial charge is 0.230 e. The monoisotopic (exact) mass is 189 g/mol. The number of fused-ring (bicyclic) bond motifs is 1. The molecule has 1 aromatic rings. The molecular formula is C11H11NO2. The second kappa shape index (κ2) is 3.62. The fourth-order valence-corrected chi connectivity index (χ4v) is 1.92. The van der Waals surface area contributed by atoms with E-state index >= 15 is 0 Å². The summed E-state index contributed by atoms with van der Waals surface area (Å²) in [6, 6.07) is 8.21. The maximum absolute atomic E-state index is 10.1. The van der Waals surface area contributed by atoms with Gasteiger partial charge in [-0.3, -0.25) is 10.1 Å². The Morgan fingerprint density at radius 2 is 1.86 bits per heavy atom. The van der Waals surface area contributed by atoms with E-state index in [0.29, 0.717) is 5.92 Å². The zero-order valence-electron chi connectivity index (χ0n) is 7.72. The molecule has 0 heterocycles. The van der Waals surface area contributed by atoms with Crippen molar-refractivity contribution in [3.63, 3.8) is 0 Å². The van der Waals surface area contributed by atoms with Crippen LogP contribution in [0.1, 0.15) is 11.1 Å². The Labute approximate surface area is 82.2 Å². The molecule has 0 aromatic heterocycles. The number of hydrogen-bond acceptors (Lipinski definition) is 2. The van der Waals surface area contributed by atoms with Crippen molar-refractivity contribution in [3.05, 3.63) is 57.8 Å². The highest BCUT2D eigenvalue weighted by Crippen LogP contribution is 2.26. The summed E-state index contributed by atoms with van der Waals surface area (Å²) >= 11 is 0. The Morgan fingerprint density at radius 3 is 2.36 bits per heavy atom. The van der Waals surface area contributed by atoms with Gasteiger partial charge < -0.3 is 0 Å².